The van der Waals surface area contributed by atoms with Gasteiger partial charge in [0.15, 0.2) is 5.13 Å². The van der Waals surface area contributed by atoms with Crippen LogP contribution < -0.4 is 15.8 Å². The molecule has 9 nitrogen and oxygen atoms in total. The Kier molecular flexibility index (Phi) is 6.19. The van der Waals surface area contributed by atoms with Gasteiger partial charge in [-0.25, -0.2) is 14.8 Å². The third-order valence-corrected chi connectivity index (χ3v) is 6.01. The van der Waals surface area contributed by atoms with Gasteiger partial charge >= 0.3 is 6.03 Å². The normalized spacial score (nSPS) is 13.6. The van der Waals surface area contributed by atoms with Gasteiger partial charge in [0.05, 0.1) is 29.6 Å². The summed E-state index contributed by atoms with van der Waals surface area (Å²) in [5, 5.41) is 6.05. The number of carbonyl (C=O) groups is 2. The van der Waals surface area contributed by atoms with Crippen LogP contribution >= 0.6 is 22.9 Å². The molecule has 3 aromatic rings. The van der Waals surface area contributed by atoms with E-state index in [0.29, 0.717) is 52.2 Å². The monoisotopic (exact) mass is 460 g/mol. The third kappa shape index (κ3) is 4.70. The zero-order valence-corrected chi connectivity index (χ0v) is 18.4. The number of hydrogen-bond donors (Lipinski definition) is 2. The highest BCUT2D eigenvalue weighted by Gasteiger charge is 2.24. The Morgan fingerprint density at radius 2 is 2.16 bits per heavy atom. The van der Waals surface area contributed by atoms with Gasteiger partial charge in [-0.15, -0.1) is 11.3 Å². The topological polar surface area (TPSA) is 111 Å². The van der Waals surface area contributed by atoms with Crippen LogP contribution in [0.5, 0.6) is 0 Å². The molecular weight excluding hydrogens is 440 g/mol. The predicted molar refractivity (Wildman–Crippen MR) is 120 cm³/mol. The molecule has 0 aliphatic carbocycles. The Bertz CT molecular complexity index is 1190. The molecule has 1 saturated heterocycles. The molecule has 0 spiro atoms. The van der Waals surface area contributed by atoms with E-state index in [0.717, 1.165) is 6.42 Å². The first-order valence-electron chi connectivity index (χ1n) is 9.90. The van der Waals surface area contributed by atoms with E-state index in [1.54, 1.807) is 33.4 Å². The molecular formula is C20H21ClN6O3S. The van der Waals surface area contributed by atoms with Crippen molar-refractivity contribution in [1.82, 2.24) is 25.2 Å². The first kappa shape index (κ1) is 21.3. The Morgan fingerprint density at radius 3 is 2.90 bits per heavy atom. The van der Waals surface area contributed by atoms with Crippen molar-refractivity contribution < 1.29 is 9.59 Å². The number of amides is 3. The quantitative estimate of drug-likeness (QED) is 0.562. The maximum atomic E-state index is 13.0. The molecule has 0 saturated carbocycles. The number of aromatic amines is 1. The second kappa shape index (κ2) is 9.03. The predicted octanol–water partition coefficient (Wildman–Crippen LogP) is 2.54. The van der Waals surface area contributed by atoms with Crippen LogP contribution in [0.1, 0.15) is 24.9 Å². The highest BCUT2D eigenvalue weighted by atomic mass is 35.5. The summed E-state index contributed by atoms with van der Waals surface area (Å²) in [5.74, 6) is 0.271. The number of benzene rings is 1. The van der Waals surface area contributed by atoms with Crippen LogP contribution in [0.15, 0.2) is 28.4 Å². The maximum Gasteiger partial charge on any atom is 0.323 e. The van der Waals surface area contributed by atoms with E-state index < -0.39 is 0 Å². The summed E-state index contributed by atoms with van der Waals surface area (Å²) in [6.07, 6.45) is 0.862. The number of H-pyrrole nitrogens is 1. The van der Waals surface area contributed by atoms with Crippen molar-refractivity contribution >= 4 is 50.9 Å². The summed E-state index contributed by atoms with van der Waals surface area (Å²) in [6, 6.07) is 4.72. The number of nitrogens with zero attached hydrogens (tertiary/aromatic N) is 4. The molecule has 4 rings (SSSR count). The molecule has 31 heavy (non-hydrogen) atoms. The molecule has 0 radical (unpaired) electrons. The van der Waals surface area contributed by atoms with Crippen LogP contribution in [-0.2, 0) is 17.8 Å². The standard InChI is InChI=1S/C20H21ClN6O3S/c1-2-6-26(10-16-24-15-8-12(21)3-4-14(15)18(29)25-16)17(28)9-13-11-31-20(23-13)27-7-5-22-19(27)30/h3-4,8,11H,2,5-7,9-10H2,1H3,(H,22,30)(H,24,25,29). The van der Waals surface area contributed by atoms with Gasteiger partial charge in [0.25, 0.3) is 5.56 Å². The van der Waals surface area contributed by atoms with Gasteiger partial charge in [-0.2, -0.15) is 0 Å². The Balaban J connectivity index is 1.50. The number of urea groups is 1. The zero-order valence-electron chi connectivity index (χ0n) is 16.9. The lowest BCUT2D eigenvalue weighted by Crippen LogP contribution is -2.34. The second-order valence-electron chi connectivity index (χ2n) is 7.17. The lowest BCUT2D eigenvalue weighted by atomic mass is 10.2. The summed E-state index contributed by atoms with van der Waals surface area (Å²) in [5.41, 5.74) is 0.828. The van der Waals surface area contributed by atoms with Crippen molar-refractivity contribution in [2.45, 2.75) is 26.3 Å². The number of carbonyl (C=O) groups excluding carboxylic acids is 2. The second-order valence-corrected chi connectivity index (χ2v) is 8.44. The van der Waals surface area contributed by atoms with E-state index in [2.05, 4.69) is 20.3 Å². The molecule has 0 bridgehead atoms. The molecule has 3 amide bonds. The fourth-order valence-electron chi connectivity index (χ4n) is 3.40. The van der Waals surface area contributed by atoms with E-state index in [1.165, 1.54) is 11.3 Å². The Labute approximate surface area is 187 Å². The minimum absolute atomic E-state index is 0.107. The SMILES string of the molecule is CCCN(Cc1nc2cc(Cl)ccc2c(=O)[nH]1)C(=O)Cc1csc(N2CCNC2=O)n1. The van der Waals surface area contributed by atoms with Gasteiger partial charge in [-0.3, -0.25) is 14.5 Å². The molecule has 0 unspecified atom stereocenters. The lowest BCUT2D eigenvalue weighted by Gasteiger charge is -2.21. The van der Waals surface area contributed by atoms with Gasteiger partial charge in [0.1, 0.15) is 5.82 Å². The fourth-order valence-corrected chi connectivity index (χ4v) is 4.42. The molecule has 11 heteroatoms. The first-order chi connectivity index (χ1) is 14.9. The smallest absolute Gasteiger partial charge is 0.323 e. The number of rotatable bonds is 7. The highest BCUT2D eigenvalue weighted by molar-refractivity contribution is 7.14. The maximum absolute atomic E-state index is 13.0. The third-order valence-electron chi connectivity index (χ3n) is 4.86. The van der Waals surface area contributed by atoms with Crippen LogP contribution in [0.25, 0.3) is 10.9 Å². The first-order valence-corrected chi connectivity index (χ1v) is 11.2. The molecule has 2 N–H and O–H groups in total. The van der Waals surface area contributed by atoms with E-state index in [-0.39, 0.29) is 30.5 Å². The van der Waals surface area contributed by atoms with E-state index in [9.17, 15) is 14.4 Å². The molecule has 162 valence electrons. The van der Waals surface area contributed by atoms with Crippen LogP contribution in [0, 0.1) is 0 Å². The minimum Gasteiger partial charge on any atom is -0.336 e. The Morgan fingerprint density at radius 1 is 1.32 bits per heavy atom. The number of aromatic nitrogens is 3. The van der Waals surface area contributed by atoms with Crippen LogP contribution in [0.3, 0.4) is 0 Å². The van der Waals surface area contributed by atoms with Crippen molar-refractivity contribution in [3.63, 3.8) is 0 Å². The van der Waals surface area contributed by atoms with Gasteiger partial charge in [0, 0.05) is 30.0 Å². The van der Waals surface area contributed by atoms with E-state index in [4.69, 9.17) is 11.6 Å². The number of anilines is 1. The van der Waals surface area contributed by atoms with Crippen molar-refractivity contribution in [2.75, 3.05) is 24.5 Å². The number of halogens is 1. The van der Waals surface area contributed by atoms with E-state index in [1.807, 2.05) is 6.92 Å². The summed E-state index contributed by atoms with van der Waals surface area (Å²) in [4.78, 5) is 52.0. The van der Waals surface area contributed by atoms with E-state index >= 15 is 0 Å². The number of hydrogen-bond acceptors (Lipinski definition) is 6. The average Bonchev–Trinajstić information content (AvgIpc) is 3.35. The van der Waals surface area contributed by atoms with Gasteiger partial charge in [0.2, 0.25) is 5.91 Å². The summed E-state index contributed by atoms with van der Waals surface area (Å²) >= 11 is 7.36. The summed E-state index contributed by atoms with van der Waals surface area (Å²) in [7, 11) is 0. The van der Waals surface area contributed by atoms with Crippen LogP contribution in [0.4, 0.5) is 9.93 Å². The van der Waals surface area contributed by atoms with Gasteiger partial charge in [-0.05, 0) is 24.6 Å². The summed E-state index contributed by atoms with van der Waals surface area (Å²) in [6.45, 7) is 3.81. The molecule has 1 fully saturated rings. The van der Waals surface area contributed by atoms with Crippen molar-refractivity contribution in [2.24, 2.45) is 0 Å². The zero-order chi connectivity index (χ0) is 22.0. The van der Waals surface area contributed by atoms with Gasteiger partial charge < -0.3 is 15.2 Å². The average molecular weight is 461 g/mol. The highest BCUT2D eigenvalue weighted by Crippen LogP contribution is 2.23. The molecule has 1 aliphatic heterocycles. The molecule has 1 aromatic carbocycles. The summed E-state index contributed by atoms with van der Waals surface area (Å²) < 4.78 is 0. The minimum atomic E-state index is -0.270. The molecule has 0 atom stereocenters. The van der Waals surface area contributed by atoms with Gasteiger partial charge in [-0.1, -0.05) is 18.5 Å². The number of thiazole rings is 1. The molecule has 3 heterocycles. The fraction of sp³-hybridized carbons (Fsp3) is 0.350. The number of fused-ring (bicyclic) bond motifs is 1. The van der Waals surface area contributed by atoms with Crippen LogP contribution in [-0.4, -0.2) is 51.4 Å². The van der Waals surface area contributed by atoms with Crippen molar-refractivity contribution in [3.8, 4) is 0 Å². The Hall–Kier alpha value is -2.98. The largest absolute Gasteiger partial charge is 0.336 e. The molecule has 2 aromatic heterocycles. The number of nitrogens with one attached hydrogen (secondary N) is 2. The molecule has 1 aliphatic rings. The lowest BCUT2D eigenvalue weighted by molar-refractivity contribution is -0.131. The van der Waals surface area contributed by atoms with Crippen molar-refractivity contribution in [1.29, 1.82) is 0 Å². The van der Waals surface area contributed by atoms with Crippen molar-refractivity contribution in [3.05, 3.63) is 50.5 Å². The van der Waals surface area contributed by atoms with Crippen LogP contribution in [0.2, 0.25) is 5.02 Å².